The quantitative estimate of drug-likeness (QED) is 0.142. The van der Waals surface area contributed by atoms with Gasteiger partial charge in [-0.25, -0.2) is 0 Å². The van der Waals surface area contributed by atoms with Crippen LogP contribution in [0.3, 0.4) is 0 Å². The lowest BCUT2D eigenvalue weighted by Gasteiger charge is -2.34. The average molecular weight is 775 g/mol. The van der Waals surface area contributed by atoms with E-state index in [0.29, 0.717) is 17.8 Å². The molecular weight excluding hydrogens is 725 g/mol. The number of benzene rings is 8. The van der Waals surface area contributed by atoms with E-state index in [1.54, 1.807) is 0 Å². The van der Waals surface area contributed by atoms with Gasteiger partial charge >= 0.3 is 0 Å². The van der Waals surface area contributed by atoms with Crippen molar-refractivity contribution < 1.29 is 0 Å². The summed E-state index contributed by atoms with van der Waals surface area (Å²) in [4.78, 5) is 5.14. The summed E-state index contributed by atoms with van der Waals surface area (Å²) in [5.74, 6) is 1.65. The van der Waals surface area contributed by atoms with Crippen LogP contribution >= 0.6 is 0 Å². The lowest BCUT2D eigenvalue weighted by atomic mass is 9.85. The average Bonchev–Trinajstić information content (AvgIpc) is 4.06. The molecule has 0 N–H and O–H groups in total. The van der Waals surface area contributed by atoms with Crippen LogP contribution in [0.4, 0.5) is 28.4 Å². The summed E-state index contributed by atoms with van der Waals surface area (Å²) >= 11 is 0. The molecule has 2 fully saturated rings. The van der Waals surface area contributed by atoms with Gasteiger partial charge in [0.2, 0.25) is 0 Å². The number of hydrogen-bond donors (Lipinski definition) is 0. The van der Waals surface area contributed by atoms with Crippen molar-refractivity contribution in [2.75, 3.05) is 9.80 Å². The van der Waals surface area contributed by atoms with E-state index in [2.05, 4.69) is 186 Å². The minimum Gasteiger partial charge on any atom is -0.310 e. The number of allylic oxidation sites excluding steroid dienone is 7. The van der Waals surface area contributed by atoms with Gasteiger partial charge in [0.05, 0.1) is 17.1 Å². The second kappa shape index (κ2) is 14.7. The predicted molar refractivity (Wildman–Crippen MR) is 256 cm³/mol. The highest BCUT2D eigenvalue weighted by atomic mass is 15.2. The van der Waals surface area contributed by atoms with E-state index in [9.17, 15) is 0 Å². The summed E-state index contributed by atoms with van der Waals surface area (Å²) in [6.07, 6.45) is 25.4. The standard InChI is InChI=1S/C58H50N2/c1-2-14-39(13-1)45-21-9-23-47(37-45)59(53-27-11-19-41-17-5-7-25-49(41)53)55-35-31-43-30-34-52-56(36-32-44-29-33-51(55)57(43)58(44)52)60(54-28-12-20-42-18-6-8-26-50(42)54)48-24-10-22-46(38-48)40-15-3-4-16-40/h5-12,17-19,21-40,42H,1-4,13-16,20H2. The molecule has 4 aliphatic carbocycles. The van der Waals surface area contributed by atoms with E-state index in [-0.39, 0.29) is 0 Å². The van der Waals surface area contributed by atoms with Gasteiger partial charge in [0.1, 0.15) is 0 Å². The van der Waals surface area contributed by atoms with Crippen LogP contribution < -0.4 is 9.80 Å². The number of fused-ring (bicyclic) bond motifs is 2. The van der Waals surface area contributed by atoms with E-state index >= 15 is 0 Å². The molecular formula is C58H50N2. The van der Waals surface area contributed by atoms with Crippen molar-refractivity contribution >= 4 is 71.5 Å². The van der Waals surface area contributed by atoms with Gasteiger partial charge in [-0.05, 0) is 136 Å². The van der Waals surface area contributed by atoms with Crippen LogP contribution in [-0.4, -0.2) is 0 Å². The Morgan fingerprint density at radius 3 is 1.68 bits per heavy atom. The maximum absolute atomic E-state index is 2.59. The fourth-order valence-corrected chi connectivity index (χ4v) is 11.4. The summed E-state index contributed by atoms with van der Waals surface area (Å²) in [6.45, 7) is 0. The third-order valence-electron chi connectivity index (χ3n) is 14.4. The molecule has 0 bridgehead atoms. The van der Waals surface area contributed by atoms with Crippen molar-refractivity contribution in [3.8, 4) is 0 Å². The Morgan fingerprint density at radius 1 is 0.433 bits per heavy atom. The zero-order valence-corrected chi connectivity index (χ0v) is 34.2. The lowest BCUT2D eigenvalue weighted by molar-refractivity contribution is 0.723. The number of nitrogens with zero attached hydrogens (tertiary/aromatic N) is 2. The highest BCUT2D eigenvalue weighted by molar-refractivity contribution is 6.28. The largest absolute Gasteiger partial charge is 0.310 e. The minimum absolute atomic E-state index is 0.380. The summed E-state index contributed by atoms with van der Waals surface area (Å²) in [5, 5.41) is 10.3. The SMILES string of the molecule is C1=CC2=C(N(c3cccc(C4CCCC4)c3)c3ccc4ccc5c(N(c6cccc(C7CCCC7)c6)c6cccc7ccccc67)ccc6ccc3c4c65)C=CCC2C=C1. The molecule has 12 rings (SSSR count). The molecule has 2 saturated carbocycles. The molecule has 4 aliphatic rings. The summed E-state index contributed by atoms with van der Waals surface area (Å²) in [5.41, 5.74) is 11.7. The fourth-order valence-electron chi connectivity index (χ4n) is 11.4. The van der Waals surface area contributed by atoms with Gasteiger partial charge in [-0.2, -0.15) is 0 Å². The molecule has 292 valence electrons. The molecule has 1 unspecified atom stereocenters. The monoisotopic (exact) mass is 774 g/mol. The molecule has 0 heterocycles. The Balaban J connectivity index is 1.10. The molecule has 0 radical (unpaired) electrons. The Morgan fingerprint density at radius 2 is 1.00 bits per heavy atom. The first-order valence-electron chi connectivity index (χ1n) is 22.5. The third kappa shape index (κ3) is 5.91. The van der Waals surface area contributed by atoms with Crippen molar-refractivity contribution in [1.29, 1.82) is 0 Å². The molecule has 2 nitrogen and oxygen atoms in total. The van der Waals surface area contributed by atoms with E-state index in [0.717, 1.165) is 6.42 Å². The number of anilines is 5. The van der Waals surface area contributed by atoms with Gasteiger partial charge in [0.15, 0.2) is 0 Å². The normalized spacial score (nSPS) is 18.2. The molecule has 8 aromatic carbocycles. The molecule has 2 heteroatoms. The van der Waals surface area contributed by atoms with Gasteiger partial charge in [-0.1, -0.05) is 153 Å². The van der Waals surface area contributed by atoms with E-state index < -0.39 is 0 Å². The predicted octanol–water partition coefficient (Wildman–Crippen LogP) is 16.6. The van der Waals surface area contributed by atoms with Crippen molar-refractivity contribution in [1.82, 2.24) is 0 Å². The lowest BCUT2D eigenvalue weighted by Crippen LogP contribution is -2.22. The zero-order valence-electron chi connectivity index (χ0n) is 34.2. The minimum atomic E-state index is 0.380. The molecule has 0 aromatic heterocycles. The summed E-state index contributed by atoms with van der Waals surface area (Å²) < 4.78 is 0. The molecule has 0 amide bonds. The molecule has 60 heavy (non-hydrogen) atoms. The molecule has 0 spiro atoms. The number of hydrogen-bond acceptors (Lipinski definition) is 2. The molecule has 8 aromatic rings. The zero-order chi connectivity index (χ0) is 39.6. The smallest absolute Gasteiger partial charge is 0.0540 e. The highest BCUT2D eigenvalue weighted by Gasteiger charge is 2.28. The van der Waals surface area contributed by atoms with Crippen LogP contribution in [0.15, 0.2) is 187 Å². The molecule has 0 aliphatic heterocycles. The maximum atomic E-state index is 2.59. The maximum Gasteiger partial charge on any atom is 0.0540 e. The Bertz CT molecular complexity index is 3050. The van der Waals surface area contributed by atoms with Gasteiger partial charge in [-0.3, -0.25) is 0 Å². The van der Waals surface area contributed by atoms with Crippen LogP contribution in [0.5, 0.6) is 0 Å². The molecule has 1 atom stereocenters. The summed E-state index contributed by atoms with van der Waals surface area (Å²) in [6, 6.07) is 53.6. The highest BCUT2D eigenvalue weighted by Crippen LogP contribution is 2.50. The van der Waals surface area contributed by atoms with Crippen LogP contribution in [0.1, 0.15) is 80.8 Å². The third-order valence-corrected chi connectivity index (χ3v) is 14.4. The first kappa shape index (κ1) is 35.6. The van der Waals surface area contributed by atoms with Crippen LogP contribution in [-0.2, 0) is 0 Å². The number of rotatable bonds is 8. The van der Waals surface area contributed by atoms with Crippen molar-refractivity contribution in [2.45, 2.75) is 69.6 Å². The Hall–Kier alpha value is -6.38. The Kier molecular flexibility index (Phi) is 8.72. The van der Waals surface area contributed by atoms with Crippen LogP contribution in [0, 0.1) is 5.92 Å². The fraction of sp³-hybridized carbons (Fsp3) is 0.207. The van der Waals surface area contributed by atoms with Crippen LogP contribution in [0.2, 0.25) is 0 Å². The van der Waals surface area contributed by atoms with Gasteiger partial charge in [0, 0.05) is 39.1 Å². The topological polar surface area (TPSA) is 6.48 Å². The second-order valence-electron chi connectivity index (χ2n) is 17.7. The van der Waals surface area contributed by atoms with E-state index in [1.165, 1.54) is 145 Å². The van der Waals surface area contributed by atoms with Crippen molar-refractivity contribution in [2.24, 2.45) is 5.92 Å². The second-order valence-corrected chi connectivity index (χ2v) is 17.7. The van der Waals surface area contributed by atoms with E-state index in [4.69, 9.17) is 0 Å². The van der Waals surface area contributed by atoms with Crippen LogP contribution in [0.25, 0.3) is 43.1 Å². The van der Waals surface area contributed by atoms with Gasteiger partial charge < -0.3 is 9.80 Å². The Labute approximate surface area is 353 Å². The van der Waals surface area contributed by atoms with Crippen molar-refractivity contribution in [3.63, 3.8) is 0 Å². The molecule has 0 saturated heterocycles. The summed E-state index contributed by atoms with van der Waals surface area (Å²) in [7, 11) is 0. The van der Waals surface area contributed by atoms with E-state index in [1.807, 2.05) is 0 Å². The van der Waals surface area contributed by atoms with Gasteiger partial charge in [-0.15, -0.1) is 0 Å². The first-order valence-corrected chi connectivity index (χ1v) is 22.5. The van der Waals surface area contributed by atoms with Gasteiger partial charge in [0.25, 0.3) is 0 Å². The first-order chi connectivity index (χ1) is 29.8. The van der Waals surface area contributed by atoms with Crippen molar-refractivity contribution in [3.05, 3.63) is 198 Å².